The lowest BCUT2D eigenvalue weighted by Gasteiger charge is -2.24. The summed E-state index contributed by atoms with van der Waals surface area (Å²) in [6.07, 6.45) is 0.802. The van der Waals surface area contributed by atoms with Gasteiger partial charge in [-0.05, 0) is 37.9 Å². The Morgan fingerprint density at radius 2 is 2.21 bits per heavy atom. The quantitative estimate of drug-likeness (QED) is 0.772. The van der Waals surface area contributed by atoms with Gasteiger partial charge in [0.15, 0.2) is 0 Å². The summed E-state index contributed by atoms with van der Waals surface area (Å²) in [6, 6.07) is 1.78. The Hall–Kier alpha value is -0.260. The topological polar surface area (TPSA) is 55.5 Å². The summed E-state index contributed by atoms with van der Waals surface area (Å²) in [6.45, 7) is 0.591. The lowest BCUT2D eigenvalue weighted by atomic mass is 10.0. The molecule has 0 bridgehead atoms. The molecule has 2 rings (SSSR count). The highest BCUT2D eigenvalue weighted by atomic mass is 79.9. The molecule has 0 radical (unpaired) electrons. The zero-order valence-corrected chi connectivity index (χ0v) is 10.4. The molecule has 1 unspecified atom stereocenters. The van der Waals surface area contributed by atoms with Crippen molar-refractivity contribution in [3.05, 3.63) is 20.6 Å². The third-order valence-corrected chi connectivity index (χ3v) is 3.59. The lowest BCUT2D eigenvalue weighted by molar-refractivity contribution is 0.265. The van der Waals surface area contributed by atoms with Gasteiger partial charge in [-0.3, -0.25) is 0 Å². The molecule has 0 aliphatic carbocycles. The maximum atomic E-state index is 9.63. The molecule has 1 atom stereocenters. The molecular weight excluding hydrogens is 314 g/mol. The maximum absolute atomic E-state index is 9.63. The van der Waals surface area contributed by atoms with E-state index in [1.165, 1.54) is 0 Å². The summed E-state index contributed by atoms with van der Waals surface area (Å²) in [5, 5.41) is 9.63. The van der Waals surface area contributed by atoms with Crippen LogP contribution in [-0.4, -0.2) is 11.7 Å². The van der Waals surface area contributed by atoms with Crippen molar-refractivity contribution in [1.29, 1.82) is 0 Å². The van der Waals surface area contributed by atoms with Crippen molar-refractivity contribution in [3.63, 3.8) is 0 Å². The van der Waals surface area contributed by atoms with E-state index in [1.807, 2.05) is 0 Å². The number of hydrogen-bond donors (Lipinski definition) is 2. The summed E-state index contributed by atoms with van der Waals surface area (Å²) < 4.78 is 6.65. The molecule has 1 aromatic rings. The van der Waals surface area contributed by atoms with Crippen molar-refractivity contribution in [2.45, 2.75) is 12.5 Å². The van der Waals surface area contributed by atoms with Crippen LogP contribution in [0, 0.1) is 0 Å². The molecule has 3 N–H and O–H groups in total. The molecule has 5 heteroatoms. The molecule has 0 spiro atoms. The molecular formula is C9H9Br2NO2. The van der Waals surface area contributed by atoms with E-state index >= 15 is 0 Å². The Labute approximate surface area is 98.5 Å². The number of phenolic OH excluding ortho intramolecular Hbond substituents is 1. The number of aromatic hydroxyl groups is 1. The minimum Gasteiger partial charge on any atom is -0.505 e. The first-order valence-electron chi connectivity index (χ1n) is 4.20. The van der Waals surface area contributed by atoms with Crippen molar-refractivity contribution < 1.29 is 9.84 Å². The normalized spacial score (nSPS) is 20.1. The number of nitrogens with two attached hydrogens (primary N) is 1. The van der Waals surface area contributed by atoms with Crippen molar-refractivity contribution in [3.8, 4) is 11.5 Å². The van der Waals surface area contributed by atoms with E-state index in [4.69, 9.17) is 10.5 Å². The molecule has 0 fully saturated rings. The fourth-order valence-corrected chi connectivity index (χ4v) is 2.74. The Morgan fingerprint density at radius 3 is 2.93 bits per heavy atom. The largest absolute Gasteiger partial charge is 0.505 e. The van der Waals surface area contributed by atoms with E-state index in [0.29, 0.717) is 21.3 Å². The second-order valence-corrected chi connectivity index (χ2v) is 4.83. The smallest absolute Gasteiger partial charge is 0.147 e. The molecule has 0 saturated carbocycles. The van der Waals surface area contributed by atoms with Crippen LogP contribution >= 0.6 is 31.9 Å². The summed E-state index contributed by atoms with van der Waals surface area (Å²) >= 11 is 6.55. The Morgan fingerprint density at radius 1 is 1.50 bits per heavy atom. The van der Waals surface area contributed by atoms with E-state index in [0.717, 1.165) is 12.0 Å². The minimum atomic E-state index is -0.0213. The van der Waals surface area contributed by atoms with Crippen LogP contribution in [0.4, 0.5) is 0 Å². The monoisotopic (exact) mass is 321 g/mol. The Bertz CT molecular complexity index is 382. The molecule has 1 aliphatic heterocycles. The molecule has 0 aromatic heterocycles. The zero-order valence-electron chi connectivity index (χ0n) is 7.26. The highest BCUT2D eigenvalue weighted by Gasteiger charge is 2.23. The molecule has 3 nitrogen and oxygen atoms in total. The van der Waals surface area contributed by atoms with Crippen LogP contribution in [0.3, 0.4) is 0 Å². The number of ether oxygens (including phenoxy) is 1. The van der Waals surface area contributed by atoms with Gasteiger partial charge >= 0.3 is 0 Å². The van der Waals surface area contributed by atoms with Crippen LogP contribution in [-0.2, 0) is 0 Å². The third-order valence-electron chi connectivity index (χ3n) is 2.25. The number of benzene rings is 1. The number of halogens is 2. The SMILES string of the molecule is NC1CCOc2c1cc(Br)c(O)c2Br. The van der Waals surface area contributed by atoms with Crippen molar-refractivity contribution in [2.75, 3.05) is 6.61 Å². The van der Waals surface area contributed by atoms with Crippen LogP contribution in [0.1, 0.15) is 18.0 Å². The van der Waals surface area contributed by atoms with Gasteiger partial charge in [0, 0.05) is 18.0 Å². The average molecular weight is 323 g/mol. The summed E-state index contributed by atoms with van der Waals surface area (Å²) in [4.78, 5) is 0. The van der Waals surface area contributed by atoms with E-state index in [-0.39, 0.29) is 11.8 Å². The Kier molecular flexibility index (Phi) is 2.72. The van der Waals surface area contributed by atoms with Crippen LogP contribution < -0.4 is 10.5 Å². The standard InChI is InChI=1S/C9H9Br2NO2/c10-5-3-4-6(12)1-2-14-9(4)7(11)8(5)13/h3,6,13H,1-2,12H2. The maximum Gasteiger partial charge on any atom is 0.147 e. The molecule has 14 heavy (non-hydrogen) atoms. The molecule has 76 valence electrons. The number of rotatable bonds is 0. The highest BCUT2D eigenvalue weighted by Crippen LogP contribution is 2.45. The van der Waals surface area contributed by atoms with Gasteiger partial charge in [0.1, 0.15) is 16.0 Å². The van der Waals surface area contributed by atoms with Crippen molar-refractivity contribution in [1.82, 2.24) is 0 Å². The molecule has 0 saturated heterocycles. The number of fused-ring (bicyclic) bond motifs is 1. The predicted molar refractivity (Wildman–Crippen MR) is 60.5 cm³/mol. The summed E-state index contributed by atoms with van der Waals surface area (Å²) in [7, 11) is 0. The van der Waals surface area contributed by atoms with Gasteiger partial charge in [0.2, 0.25) is 0 Å². The lowest BCUT2D eigenvalue weighted by Crippen LogP contribution is -2.20. The van der Waals surface area contributed by atoms with Gasteiger partial charge < -0.3 is 15.6 Å². The zero-order chi connectivity index (χ0) is 10.3. The highest BCUT2D eigenvalue weighted by molar-refractivity contribution is 9.11. The van der Waals surface area contributed by atoms with E-state index in [1.54, 1.807) is 6.07 Å². The summed E-state index contributed by atoms with van der Waals surface area (Å²) in [5.74, 6) is 0.808. The fourth-order valence-electron chi connectivity index (χ4n) is 1.48. The van der Waals surface area contributed by atoms with Crippen LogP contribution in [0.25, 0.3) is 0 Å². The van der Waals surface area contributed by atoms with Gasteiger partial charge in [-0.25, -0.2) is 0 Å². The van der Waals surface area contributed by atoms with Crippen molar-refractivity contribution in [2.24, 2.45) is 5.73 Å². The first-order chi connectivity index (χ1) is 6.61. The second-order valence-electron chi connectivity index (χ2n) is 3.18. The molecule has 1 aromatic carbocycles. The van der Waals surface area contributed by atoms with Crippen molar-refractivity contribution >= 4 is 31.9 Å². The van der Waals surface area contributed by atoms with Gasteiger partial charge in [0.05, 0.1) is 11.1 Å². The van der Waals surface area contributed by atoms with Gasteiger partial charge in [-0.2, -0.15) is 0 Å². The van der Waals surface area contributed by atoms with Crippen LogP contribution in [0.15, 0.2) is 15.0 Å². The van der Waals surface area contributed by atoms with E-state index in [9.17, 15) is 5.11 Å². The molecule has 1 aliphatic rings. The number of hydrogen-bond acceptors (Lipinski definition) is 3. The Balaban J connectivity index is 2.63. The van der Waals surface area contributed by atoms with Crippen LogP contribution in [0.5, 0.6) is 11.5 Å². The first kappa shape index (κ1) is 10.3. The van der Waals surface area contributed by atoms with Gasteiger partial charge in [0.25, 0.3) is 0 Å². The molecule has 1 heterocycles. The minimum absolute atomic E-state index is 0.0213. The van der Waals surface area contributed by atoms with E-state index < -0.39 is 0 Å². The first-order valence-corrected chi connectivity index (χ1v) is 5.79. The average Bonchev–Trinajstić information content (AvgIpc) is 2.17. The van der Waals surface area contributed by atoms with Gasteiger partial charge in [-0.15, -0.1) is 0 Å². The molecule has 0 amide bonds. The third kappa shape index (κ3) is 1.53. The fraction of sp³-hybridized carbons (Fsp3) is 0.333. The van der Waals surface area contributed by atoms with E-state index in [2.05, 4.69) is 31.9 Å². The predicted octanol–water partition coefficient (Wildman–Crippen LogP) is 2.70. The number of phenols is 1. The van der Waals surface area contributed by atoms with Crippen LogP contribution in [0.2, 0.25) is 0 Å². The van der Waals surface area contributed by atoms with Gasteiger partial charge in [-0.1, -0.05) is 0 Å². The second kappa shape index (κ2) is 3.72. The summed E-state index contributed by atoms with van der Waals surface area (Å²) in [5.41, 5.74) is 6.85.